The zero-order chi connectivity index (χ0) is 13.0. The Balaban J connectivity index is 2.20. The number of benzene rings is 1. The normalized spacial score (nSPS) is 18.5. The van der Waals surface area contributed by atoms with E-state index in [4.69, 9.17) is 0 Å². The minimum absolute atomic E-state index is 0.516. The van der Waals surface area contributed by atoms with Gasteiger partial charge in [-0.3, -0.25) is 9.69 Å². The Labute approximate surface area is 108 Å². The Morgan fingerprint density at radius 3 is 2.44 bits per heavy atom. The van der Waals surface area contributed by atoms with Crippen molar-refractivity contribution in [2.24, 2.45) is 0 Å². The predicted octanol–water partition coefficient (Wildman–Crippen LogP) is 1.28. The highest BCUT2D eigenvalue weighted by atomic mass is 16.4. The average Bonchev–Trinajstić information content (AvgIpc) is 2.40. The van der Waals surface area contributed by atoms with Gasteiger partial charge in [-0.1, -0.05) is 31.2 Å². The molecule has 1 saturated heterocycles. The van der Waals surface area contributed by atoms with E-state index in [1.807, 2.05) is 29.2 Å². The van der Waals surface area contributed by atoms with Gasteiger partial charge in [0.05, 0.1) is 0 Å². The molecule has 0 radical (unpaired) electrons. The van der Waals surface area contributed by atoms with Crippen molar-refractivity contribution in [2.75, 3.05) is 26.2 Å². The zero-order valence-electron chi connectivity index (χ0n) is 10.7. The highest BCUT2D eigenvalue weighted by molar-refractivity contribution is 5.75. The van der Waals surface area contributed by atoms with E-state index in [0.717, 1.165) is 38.2 Å². The maximum absolute atomic E-state index is 11.5. The van der Waals surface area contributed by atoms with Crippen molar-refractivity contribution >= 4 is 5.97 Å². The van der Waals surface area contributed by atoms with Crippen LogP contribution < -0.4 is 5.32 Å². The van der Waals surface area contributed by atoms with Gasteiger partial charge in [-0.05, 0) is 17.5 Å². The van der Waals surface area contributed by atoms with Gasteiger partial charge >= 0.3 is 5.97 Å². The molecule has 98 valence electrons. The fraction of sp³-hybridized carbons (Fsp3) is 0.500. The van der Waals surface area contributed by atoms with E-state index in [1.54, 1.807) is 0 Å². The molecule has 1 fully saturated rings. The maximum Gasteiger partial charge on any atom is 0.325 e. The summed E-state index contributed by atoms with van der Waals surface area (Å²) in [5.74, 6) is -0.763. The van der Waals surface area contributed by atoms with Crippen molar-refractivity contribution < 1.29 is 9.90 Å². The van der Waals surface area contributed by atoms with Crippen molar-refractivity contribution in [2.45, 2.75) is 19.4 Å². The first-order valence-corrected chi connectivity index (χ1v) is 6.48. The number of nitrogens with one attached hydrogen (secondary N) is 1. The van der Waals surface area contributed by atoms with Crippen LogP contribution in [0.5, 0.6) is 0 Å². The van der Waals surface area contributed by atoms with Crippen LogP contribution in [0.1, 0.15) is 24.1 Å². The number of aryl methyl sites for hydroxylation is 1. The Hall–Kier alpha value is -1.39. The van der Waals surface area contributed by atoms with Crippen LogP contribution in [0.25, 0.3) is 0 Å². The molecule has 2 rings (SSSR count). The number of aliphatic carboxylic acids is 1. The third-order valence-electron chi connectivity index (χ3n) is 3.45. The van der Waals surface area contributed by atoms with Gasteiger partial charge in [0, 0.05) is 26.2 Å². The molecule has 1 aliphatic rings. The van der Waals surface area contributed by atoms with Gasteiger partial charge in [-0.15, -0.1) is 0 Å². The second-order valence-electron chi connectivity index (χ2n) is 4.62. The lowest BCUT2D eigenvalue weighted by Gasteiger charge is -2.32. The molecule has 0 saturated carbocycles. The molecule has 1 heterocycles. The minimum atomic E-state index is -0.763. The lowest BCUT2D eigenvalue weighted by Crippen LogP contribution is -2.47. The number of nitrogens with zero attached hydrogens (tertiary/aromatic N) is 1. The number of carbonyl (C=O) groups is 1. The van der Waals surface area contributed by atoms with Gasteiger partial charge in [0.25, 0.3) is 0 Å². The molecule has 4 heteroatoms. The Bertz CT molecular complexity index is 397. The Kier molecular flexibility index (Phi) is 4.33. The van der Waals surface area contributed by atoms with Crippen LogP contribution in [-0.2, 0) is 11.2 Å². The zero-order valence-corrected chi connectivity index (χ0v) is 10.7. The summed E-state index contributed by atoms with van der Waals surface area (Å²) in [7, 11) is 0. The molecule has 1 aromatic carbocycles. The number of hydrogen-bond donors (Lipinski definition) is 2. The second-order valence-corrected chi connectivity index (χ2v) is 4.62. The number of piperazine rings is 1. The van der Waals surface area contributed by atoms with Gasteiger partial charge in [0.2, 0.25) is 0 Å². The molecule has 0 aliphatic carbocycles. The van der Waals surface area contributed by atoms with Crippen LogP contribution in [0.15, 0.2) is 24.3 Å². The monoisotopic (exact) mass is 248 g/mol. The van der Waals surface area contributed by atoms with E-state index in [9.17, 15) is 9.90 Å². The van der Waals surface area contributed by atoms with E-state index in [-0.39, 0.29) is 0 Å². The van der Waals surface area contributed by atoms with Crippen LogP contribution in [0.3, 0.4) is 0 Å². The molecule has 2 N–H and O–H groups in total. The molecular formula is C14H20N2O2. The largest absolute Gasteiger partial charge is 0.480 e. The van der Waals surface area contributed by atoms with Crippen LogP contribution >= 0.6 is 0 Å². The van der Waals surface area contributed by atoms with Crippen LogP contribution in [0.4, 0.5) is 0 Å². The summed E-state index contributed by atoms with van der Waals surface area (Å²) < 4.78 is 0. The number of carboxylic acid groups (broad SMARTS) is 1. The van der Waals surface area contributed by atoms with Gasteiger partial charge in [-0.25, -0.2) is 0 Å². The standard InChI is InChI=1S/C14H20N2O2/c1-2-11-3-5-12(6-4-11)13(14(17)18)16-9-7-15-8-10-16/h3-6,13,15H,2,7-10H2,1H3,(H,17,18). The molecule has 0 aromatic heterocycles. The van der Waals surface area contributed by atoms with Crippen molar-refractivity contribution in [3.63, 3.8) is 0 Å². The van der Waals surface area contributed by atoms with E-state index in [1.165, 1.54) is 5.56 Å². The molecule has 1 aromatic rings. The number of carboxylic acids is 1. The molecule has 1 atom stereocenters. The van der Waals surface area contributed by atoms with Gasteiger partial charge < -0.3 is 10.4 Å². The average molecular weight is 248 g/mol. The topological polar surface area (TPSA) is 52.6 Å². The van der Waals surface area contributed by atoms with Gasteiger partial charge in [0.1, 0.15) is 6.04 Å². The molecule has 18 heavy (non-hydrogen) atoms. The van der Waals surface area contributed by atoms with Crippen LogP contribution in [0.2, 0.25) is 0 Å². The minimum Gasteiger partial charge on any atom is -0.480 e. The van der Waals surface area contributed by atoms with E-state index >= 15 is 0 Å². The van der Waals surface area contributed by atoms with Crippen molar-refractivity contribution in [1.29, 1.82) is 0 Å². The summed E-state index contributed by atoms with van der Waals surface area (Å²) in [6.07, 6.45) is 0.978. The molecule has 1 unspecified atom stereocenters. The Morgan fingerprint density at radius 1 is 1.33 bits per heavy atom. The first-order chi connectivity index (χ1) is 8.72. The molecule has 4 nitrogen and oxygen atoms in total. The van der Waals surface area contributed by atoms with Gasteiger partial charge in [-0.2, -0.15) is 0 Å². The first kappa shape index (κ1) is 13.1. The molecule has 0 bridgehead atoms. The third-order valence-corrected chi connectivity index (χ3v) is 3.45. The molecule has 0 spiro atoms. The third kappa shape index (κ3) is 2.89. The molecular weight excluding hydrogens is 228 g/mol. The molecule has 1 aliphatic heterocycles. The van der Waals surface area contributed by atoms with Crippen molar-refractivity contribution in [1.82, 2.24) is 10.2 Å². The smallest absolute Gasteiger partial charge is 0.325 e. The second kappa shape index (κ2) is 5.98. The lowest BCUT2D eigenvalue weighted by molar-refractivity contribution is -0.143. The lowest BCUT2D eigenvalue weighted by atomic mass is 10.0. The SMILES string of the molecule is CCc1ccc(C(C(=O)O)N2CCNCC2)cc1. The van der Waals surface area contributed by atoms with E-state index in [0.29, 0.717) is 0 Å². The van der Waals surface area contributed by atoms with Crippen molar-refractivity contribution in [3.05, 3.63) is 35.4 Å². The fourth-order valence-corrected chi connectivity index (χ4v) is 2.39. The Morgan fingerprint density at radius 2 is 1.94 bits per heavy atom. The maximum atomic E-state index is 11.5. The molecule has 0 amide bonds. The van der Waals surface area contributed by atoms with E-state index < -0.39 is 12.0 Å². The summed E-state index contributed by atoms with van der Waals surface area (Å²) in [6, 6.07) is 7.42. The highest BCUT2D eigenvalue weighted by Crippen LogP contribution is 2.22. The van der Waals surface area contributed by atoms with Crippen molar-refractivity contribution in [3.8, 4) is 0 Å². The van der Waals surface area contributed by atoms with Gasteiger partial charge in [0.15, 0.2) is 0 Å². The quantitative estimate of drug-likeness (QED) is 0.843. The van der Waals surface area contributed by atoms with E-state index in [2.05, 4.69) is 12.2 Å². The number of rotatable bonds is 4. The van der Waals surface area contributed by atoms with Crippen LogP contribution in [0, 0.1) is 0 Å². The summed E-state index contributed by atoms with van der Waals surface area (Å²) >= 11 is 0. The summed E-state index contributed by atoms with van der Waals surface area (Å²) in [4.78, 5) is 13.5. The van der Waals surface area contributed by atoms with Crippen LogP contribution in [-0.4, -0.2) is 42.2 Å². The summed E-state index contributed by atoms with van der Waals surface area (Å²) in [6.45, 7) is 5.38. The highest BCUT2D eigenvalue weighted by Gasteiger charge is 2.28. The summed E-state index contributed by atoms with van der Waals surface area (Å²) in [5, 5.41) is 12.7. The fourth-order valence-electron chi connectivity index (χ4n) is 2.39. The summed E-state index contributed by atoms with van der Waals surface area (Å²) in [5.41, 5.74) is 2.12. The number of hydrogen-bond acceptors (Lipinski definition) is 3. The predicted molar refractivity (Wildman–Crippen MR) is 70.6 cm³/mol. The first-order valence-electron chi connectivity index (χ1n) is 6.48.